The molecule has 1 amide bonds. The van der Waals surface area contributed by atoms with E-state index in [1.54, 1.807) is 6.26 Å². The number of amides is 1. The first kappa shape index (κ1) is 13.0. The second kappa shape index (κ2) is 5.53. The molecule has 0 unspecified atom stereocenters. The molecule has 3 nitrogen and oxygen atoms in total. The second-order valence-corrected chi connectivity index (χ2v) is 5.50. The third-order valence-electron chi connectivity index (χ3n) is 3.95. The monoisotopic (exact) mass is 269 g/mol. The number of benzene rings is 1. The van der Waals surface area contributed by atoms with Crippen molar-refractivity contribution < 1.29 is 9.21 Å². The molecule has 1 heterocycles. The molecule has 0 spiro atoms. The van der Waals surface area contributed by atoms with Gasteiger partial charge in [-0.15, -0.1) is 0 Å². The van der Waals surface area contributed by atoms with E-state index >= 15 is 0 Å². The molecule has 104 valence electrons. The van der Waals surface area contributed by atoms with Gasteiger partial charge in [0.25, 0.3) is 0 Å². The van der Waals surface area contributed by atoms with Gasteiger partial charge in [0.1, 0.15) is 5.76 Å². The zero-order valence-corrected chi connectivity index (χ0v) is 11.7. The number of carbonyl (C=O) groups is 1. The van der Waals surface area contributed by atoms with Crippen molar-refractivity contribution in [2.24, 2.45) is 5.92 Å². The molecule has 2 aromatic rings. The van der Waals surface area contributed by atoms with Crippen molar-refractivity contribution in [2.75, 3.05) is 5.32 Å². The molecule has 3 rings (SSSR count). The van der Waals surface area contributed by atoms with Crippen LogP contribution in [0.5, 0.6) is 0 Å². The Balaban J connectivity index is 1.87. The van der Waals surface area contributed by atoms with E-state index in [1.807, 2.05) is 37.3 Å². The molecule has 0 saturated heterocycles. The highest BCUT2D eigenvalue weighted by atomic mass is 16.3. The van der Waals surface area contributed by atoms with Crippen molar-refractivity contribution in [3.8, 4) is 11.3 Å². The Kier molecular flexibility index (Phi) is 3.59. The van der Waals surface area contributed by atoms with E-state index in [-0.39, 0.29) is 11.8 Å². The smallest absolute Gasteiger partial charge is 0.227 e. The number of nitrogens with one attached hydrogen (secondary N) is 1. The van der Waals surface area contributed by atoms with E-state index in [2.05, 4.69) is 5.32 Å². The maximum absolute atomic E-state index is 12.3. The molecular weight excluding hydrogens is 250 g/mol. The van der Waals surface area contributed by atoms with Gasteiger partial charge in [0, 0.05) is 11.5 Å². The van der Waals surface area contributed by atoms with Crippen LogP contribution in [0.25, 0.3) is 11.3 Å². The molecule has 0 atom stereocenters. The SMILES string of the molecule is Cc1ccc(NC(=O)C2CCCC2)c(-c2ccco2)c1. The van der Waals surface area contributed by atoms with Crippen LogP contribution in [0.4, 0.5) is 5.69 Å². The van der Waals surface area contributed by atoms with Crippen molar-refractivity contribution in [2.45, 2.75) is 32.6 Å². The minimum Gasteiger partial charge on any atom is -0.464 e. The van der Waals surface area contributed by atoms with E-state index in [9.17, 15) is 4.79 Å². The lowest BCUT2D eigenvalue weighted by molar-refractivity contribution is -0.119. The van der Waals surface area contributed by atoms with Gasteiger partial charge in [-0.3, -0.25) is 4.79 Å². The van der Waals surface area contributed by atoms with E-state index < -0.39 is 0 Å². The largest absolute Gasteiger partial charge is 0.464 e. The first-order valence-electron chi connectivity index (χ1n) is 7.19. The molecule has 1 fully saturated rings. The molecule has 1 aromatic carbocycles. The fraction of sp³-hybridized carbons (Fsp3) is 0.353. The lowest BCUT2D eigenvalue weighted by Gasteiger charge is -2.13. The van der Waals surface area contributed by atoms with Gasteiger partial charge in [0.05, 0.1) is 12.0 Å². The maximum Gasteiger partial charge on any atom is 0.227 e. The molecule has 1 N–H and O–H groups in total. The number of rotatable bonds is 3. The lowest BCUT2D eigenvalue weighted by Crippen LogP contribution is -2.20. The normalized spacial score (nSPS) is 15.4. The third kappa shape index (κ3) is 2.62. The molecule has 1 aromatic heterocycles. The third-order valence-corrected chi connectivity index (χ3v) is 3.95. The van der Waals surface area contributed by atoms with Crippen molar-refractivity contribution in [1.29, 1.82) is 0 Å². The fourth-order valence-electron chi connectivity index (χ4n) is 2.83. The lowest BCUT2D eigenvalue weighted by atomic mass is 10.0. The van der Waals surface area contributed by atoms with Gasteiger partial charge in [0.2, 0.25) is 5.91 Å². The van der Waals surface area contributed by atoms with E-state index in [1.165, 1.54) is 0 Å². The van der Waals surface area contributed by atoms with Gasteiger partial charge >= 0.3 is 0 Å². The topological polar surface area (TPSA) is 42.2 Å². The first-order chi connectivity index (χ1) is 9.74. The Morgan fingerprint density at radius 2 is 2.05 bits per heavy atom. The van der Waals surface area contributed by atoms with Crippen molar-refractivity contribution in [3.05, 3.63) is 42.2 Å². The summed E-state index contributed by atoms with van der Waals surface area (Å²) < 4.78 is 5.47. The summed E-state index contributed by atoms with van der Waals surface area (Å²) in [5.74, 6) is 1.09. The van der Waals surface area contributed by atoms with Crippen LogP contribution in [-0.4, -0.2) is 5.91 Å². The predicted octanol–water partition coefficient (Wildman–Crippen LogP) is 4.38. The summed E-state index contributed by atoms with van der Waals surface area (Å²) in [4.78, 5) is 12.3. The Hall–Kier alpha value is -2.03. The van der Waals surface area contributed by atoms with Crippen molar-refractivity contribution >= 4 is 11.6 Å². The summed E-state index contributed by atoms with van der Waals surface area (Å²) in [7, 11) is 0. The van der Waals surface area contributed by atoms with Crippen molar-refractivity contribution in [1.82, 2.24) is 0 Å². The number of furan rings is 1. The van der Waals surface area contributed by atoms with Gasteiger partial charge < -0.3 is 9.73 Å². The van der Waals surface area contributed by atoms with Crippen LogP contribution in [-0.2, 0) is 4.79 Å². The van der Waals surface area contributed by atoms with Crippen LogP contribution >= 0.6 is 0 Å². The zero-order chi connectivity index (χ0) is 13.9. The summed E-state index contributed by atoms with van der Waals surface area (Å²) in [5.41, 5.74) is 2.93. The van der Waals surface area contributed by atoms with Gasteiger partial charge in [0.15, 0.2) is 0 Å². The van der Waals surface area contributed by atoms with Crippen LogP contribution in [0.2, 0.25) is 0 Å². The van der Waals surface area contributed by atoms with Gasteiger partial charge in [-0.25, -0.2) is 0 Å². The molecular formula is C17H19NO2. The molecule has 1 aliphatic carbocycles. The fourth-order valence-corrected chi connectivity index (χ4v) is 2.83. The Morgan fingerprint density at radius 1 is 1.25 bits per heavy atom. The van der Waals surface area contributed by atoms with Crippen LogP contribution in [0.15, 0.2) is 41.0 Å². The summed E-state index contributed by atoms with van der Waals surface area (Å²) in [6, 6.07) is 9.79. The highest BCUT2D eigenvalue weighted by molar-refractivity contribution is 5.96. The minimum absolute atomic E-state index is 0.138. The molecule has 1 saturated carbocycles. The molecule has 20 heavy (non-hydrogen) atoms. The Bertz CT molecular complexity index is 595. The maximum atomic E-state index is 12.3. The molecule has 1 aliphatic rings. The molecule has 0 radical (unpaired) electrons. The average molecular weight is 269 g/mol. The number of carbonyl (C=O) groups excluding carboxylic acids is 1. The van der Waals surface area contributed by atoms with E-state index in [0.717, 1.165) is 48.3 Å². The standard InChI is InChI=1S/C17H19NO2/c1-12-8-9-15(14(11-12)16-7-4-10-20-16)18-17(19)13-5-2-3-6-13/h4,7-11,13H,2-3,5-6H2,1H3,(H,18,19). The highest BCUT2D eigenvalue weighted by Gasteiger charge is 2.23. The van der Waals surface area contributed by atoms with Gasteiger partial charge in [-0.2, -0.15) is 0 Å². The summed E-state index contributed by atoms with van der Waals surface area (Å²) in [6.45, 7) is 2.04. The van der Waals surface area contributed by atoms with Gasteiger partial charge in [-0.1, -0.05) is 24.5 Å². The quantitative estimate of drug-likeness (QED) is 0.898. The Morgan fingerprint density at radius 3 is 2.75 bits per heavy atom. The second-order valence-electron chi connectivity index (χ2n) is 5.50. The first-order valence-corrected chi connectivity index (χ1v) is 7.19. The summed E-state index contributed by atoms with van der Waals surface area (Å²) in [6.07, 6.45) is 6.00. The van der Waals surface area contributed by atoms with Crippen LogP contribution in [0.3, 0.4) is 0 Å². The number of anilines is 1. The number of hydrogen-bond acceptors (Lipinski definition) is 2. The predicted molar refractivity (Wildman–Crippen MR) is 79.5 cm³/mol. The summed E-state index contributed by atoms with van der Waals surface area (Å²) in [5, 5.41) is 3.07. The average Bonchev–Trinajstić information content (AvgIpc) is 3.13. The summed E-state index contributed by atoms with van der Waals surface area (Å²) >= 11 is 0. The van der Waals surface area contributed by atoms with E-state index in [0.29, 0.717) is 0 Å². The highest BCUT2D eigenvalue weighted by Crippen LogP contribution is 2.31. The van der Waals surface area contributed by atoms with Crippen molar-refractivity contribution in [3.63, 3.8) is 0 Å². The molecule has 0 aliphatic heterocycles. The molecule has 0 bridgehead atoms. The van der Waals surface area contributed by atoms with Crippen LogP contribution in [0, 0.1) is 12.8 Å². The zero-order valence-electron chi connectivity index (χ0n) is 11.7. The number of aryl methyl sites for hydroxylation is 1. The van der Waals surface area contributed by atoms with E-state index in [4.69, 9.17) is 4.42 Å². The number of hydrogen-bond donors (Lipinski definition) is 1. The van der Waals surface area contributed by atoms with Crippen LogP contribution in [0.1, 0.15) is 31.2 Å². The van der Waals surface area contributed by atoms with Crippen LogP contribution < -0.4 is 5.32 Å². The molecule has 3 heteroatoms. The van der Waals surface area contributed by atoms with Gasteiger partial charge in [-0.05, 0) is 44.0 Å². The Labute approximate surface area is 119 Å². The minimum atomic E-state index is 0.138.